The topological polar surface area (TPSA) is 49.8 Å². The molecule has 0 spiro atoms. The molecule has 2 aromatic rings. The summed E-state index contributed by atoms with van der Waals surface area (Å²) in [6, 6.07) is 18.1. The largest absolute Gasteiger partial charge is 0.361 e. The molecule has 1 saturated heterocycles. The van der Waals surface area contributed by atoms with Crippen molar-refractivity contribution in [2.75, 3.05) is 19.7 Å². The van der Waals surface area contributed by atoms with Crippen molar-refractivity contribution in [3.63, 3.8) is 0 Å². The third kappa shape index (κ3) is 3.26. The van der Waals surface area contributed by atoms with Crippen molar-refractivity contribution in [1.29, 1.82) is 0 Å². The number of benzene rings is 2. The summed E-state index contributed by atoms with van der Waals surface area (Å²) in [6.45, 7) is 3.94. The summed E-state index contributed by atoms with van der Waals surface area (Å²) >= 11 is 0. The second-order valence-electron chi connectivity index (χ2n) is 6.05. The minimum atomic E-state index is -1.47. The van der Waals surface area contributed by atoms with Crippen LogP contribution in [0.1, 0.15) is 29.3 Å². The van der Waals surface area contributed by atoms with Gasteiger partial charge in [0, 0.05) is 24.1 Å². The summed E-state index contributed by atoms with van der Waals surface area (Å²) in [4.78, 5) is 14.8. The van der Waals surface area contributed by atoms with Gasteiger partial charge in [-0.3, -0.25) is 9.69 Å². The molecule has 1 heterocycles. The molecule has 0 aliphatic carbocycles. The molecule has 0 unspecified atom stereocenters. The van der Waals surface area contributed by atoms with Gasteiger partial charge in [0.1, 0.15) is 0 Å². The minimum Gasteiger partial charge on any atom is -0.361 e. The molecular weight excluding hydrogens is 302 g/mol. The highest BCUT2D eigenvalue weighted by atomic mass is 16.6. The zero-order valence-corrected chi connectivity index (χ0v) is 13.9. The van der Waals surface area contributed by atoms with Gasteiger partial charge in [-0.25, -0.2) is 0 Å². The summed E-state index contributed by atoms with van der Waals surface area (Å²) in [6.07, 6.45) is 0.212. The van der Waals surface area contributed by atoms with Crippen LogP contribution in [-0.2, 0) is 10.5 Å². The van der Waals surface area contributed by atoms with Crippen molar-refractivity contribution in [2.24, 2.45) is 0 Å². The Balaban J connectivity index is 1.91. The monoisotopic (exact) mass is 325 g/mol. The molecule has 0 aromatic heterocycles. The molecule has 4 nitrogen and oxygen atoms in total. The van der Waals surface area contributed by atoms with Crippen LogP contribution in [0.25, 0.3) is 0 Å². The number of ether oxygens (including phenoxy) is 1. The van der Waals surface area contributed by atoms with E-state index in [1.807, 2.05) is 67.6 Å². The van der Waals surface area contributed by atoms with E-state index in [2.05, 4.69) is 4.90 Å². The quantitative estimate of drug-likeness (QED) is 0.859. The van der Waals surface area contributed by atoms with Gasteiger partial charge in [-0.2, -0.15) is 0 Å². The molecular formula is C20H23NO3. The maximum Gasteiger partial charge on any atom is 0.208 e. The molecule has 1 fully saturated rings. The van der Waals surface area contributed by atoms with E-state index in [0.717, 1.165) is 6.54 Å². The van der Waals surface area contributed by atoms with Gasteiger partial charge in [0.2, 0.25) is 5.79 Å². The molecule has 2 aromatic carbocycles. The van der Waals surface area contributed by atoms with Crippen LogP contribution < -0.4 is 0 Å². The van der Waals surface area contributed by atoms with Crippen molar-refractivity contribution in [1.82, 2.24) is 4.90 Å². The zero-order chi connectivity index (χ0) is 17.0. The van der Waals surface area contributed by atoms with E-state index < -0.39 is 11.8 Å². The first-order valence-electron chi connectivity index (χ1n) is 8.39. The third-order valence-corrected chi connectivity index (χ3v) is 4.66. The Morgan fingerprint density at radius 1 is 1.17 bits per heavy atom. The van der Waals surface area contributed by atoms with Gasteiger partial charge < -0.3 is 9.84 Å². The van der Waals surface area contributed by atoms with Crippen molar-refractivity contribution < 1.29 is 14.6 Å². The lowest BCUT2D eigenvalue weighted by Gasteiger charge is -2.46. The first-order chi connectivity index (χ1) is 11.6. The van der Waals surface area contributed by atoms with E-state index in [9.17, 15) is 9.90 Å². The highest BCUT2D eigenvalue weighted by Crippen LogP contribution is 2.35. The molecule has 0 saturated carbocycles. The molecule has 0 radical (unpaired) electrons. The first kappa shape index (κ1) is 16.8. The molecule has 1 aliphatic heterocycles. The number of likely N-dealkylation sites (N-methyl/N-ethyl adjacent to an activating group) is 1. The highest BCUT2D eigenvalue weighted by Gasteiger charge is 2.46. The standard InChI is InChI=1S/C20H23NO3/c1-2-21-13-14-24-20(23,17-11-7-4-8-12-17)19(21)15-18(22)16-9-5-3-6-10-16/h3-12,19,23H,2,13-15H2,1H3/t19-,20+/m0/s1. The summed E-state index contributed by atoms with van der Waals surface area (Å²) < 4.78 is 5.79. The third-order valence-electron chi connectivity index (χ3n) is 4.66. The Bertz CT molecular complexity index is 674. The van der Waals surface area contributed by atoms with Crippen molar-refractivity contribution >= 4 is 5.78 Å². The molecule has 0 bridgehead atoms. The van der Waals surface area contributed by atoms with Gasteiger partial charge >= 0.3 is 0 Å². The fourth-order valence-corrected chi connectivity index (χ4v) is 3.33. The lowest BCUT2D eigenvalue weighted by molar-refractivity contribution is -0.277. The summed E-state index contributed by atoms with van der Waals surface area (Å²) in [7, 11) is 0. The van der Waals surface area contributed by atoms with Crippen LogP contribution in [0.5, 0.6) is 0 Å². The predicted octanol–water partition coefficient (Wildman–Crippen LogP) is 2.83. The Hall–Kier alpha value is -2.01. The van der Waals surface area contributed by atoms with Crippen LogP contribution in [0.4, 0.5) is 0 Å². The number of hydrogen-bond donors (Lipinski definition) is 1. The average Bonchev–Trinajstić information content (AvgIpc) is 2.64. The van der Waals surface area contributed by atoms with Gasteiger partial charge in [-0.15, -0.1) is 0 Å². The number of ketones is 1. The van der Waals surface area contributed by atoms with E-state index in [1.54, 1.807) is 0 Å². The highest BCUT2D eigenvalue weighted by molar-refractivity contribution is 5.96. The average molecular weight is 325 g/mol. The molecule has 4 heteroatoms. The summed E-state index contributed by atoms with van der Waals surface area (Å²) in [5, 5.41) is 11.3. The number of nitrogens with zero attached hydrogens (tertiary/aromatic N) is 1. The van der Waals surface area contributed by atoms with Crippen LogP contribution in [-0.4, -0.2) is 41.5 Å². The Kier molecular flexibility index (Phi) is 5.09. The molecule has 0 amide bonds. The first-order valence-corrected chi connectivity index (χ1v) is 8.39. The maximum absolute atomic E-state index is 12.7. The van der Waals surface area contributed by atoms with E-state index >= 15 is 0 Å². The van der Waals surface area contributed by atoms with Crippen LogP contribution in [0, 0.1) is 0 Å². The van der Waals surface area contributed by atoms with Gasteiger partial charge in [-0.1, -0.05) is 67.6 Å². The molecule has 2 atom stereocenters. The van der Waals surface area contributed by atoms with Crippen molar-refractivity contribution in [2.45, 2.75) is 25.2 Å². The van der Waals surface area contributed by atoms with E-state index in [4.69, 9.17) is 4.74 Å². The van der Waals surface area contributed by atoms with Gasteiger partial charge in [0.15, 0.2) is 5.78 Å². The van der Waals surface area contributed by atoms with Gasteiger partial charge in [0.25, 0.3) is 0 Å². The van der Waals surface area contributed by atoms with Gasteiger partial charge in [0.05, 0.1) is 12.6 Å². The second-order valence-corrected chi connectivity index (χ2v) is 6.05. The van der Waals surface area contributed by atoms with Crippen LogP contribution in [0.15, 0.2) is 60.7 Å². The maximum atomic E-state index is 12.7. The number of Topliss-reactive ketones (excluding diaryl/α,β-unsaturated/α-hetero) is 1. The molecule has 24 heavy (non-hydrogen) atoms. The zero-order valence-electron chi connectivity index (χ0n) is 13.9. The fourth-order valence-electron chi connectivity index (χ4n) is 3.33. The molecule has 3 rings (SSSR count). The lowest BCUT2D eigenvalue weighted by atomic mass is 9.89. The van der Waals surface area contributed by atoms with Crippen molar-refractivity contribution in [3.05, 3.63) is 71.8 Å². The van der Waals surface area contributed by atoms with Crippen LogP contribution >= 0.6 is 0 Å². The number of carbonyl (C=O) groups excluding carboxylic acids is 1. The number of aliphatic hydroxyl groups is 1. The normalized spacial score (nSPS) is 24.7. The predicted molar refractivity (Wildman–Crippen MR) is 92.7 cm³/mol. The molecule has 126 valence electrons. The Labute approximate surface area is 142 Å². The number of hydrogen-bond acceptors (Lipinski definition) is 4. The number of rotatable bonds is 5. The fraction of sp³-hybridized carbons (Fsp3) is 0.350. The molecule has 1 aliphatic rings. The Morgan fingerprint density at radius 3 is 2.42 bits per heavy atom. The number of carbonyl (C=O) groups is 1. The minimum absolute atomic E-state index is 0.0129. The van der Waals surface area contributed by atoms with E-state index in [1.165, 1.54) is 0 Å². The van der Waals surface area contributed by atoms with E-state index in [-0.39, 0.29) is 12.2 Å². The van der Waals surface area contributed by atoms with Gasteiger partial charge in [-0.05, 0) is 6.54 Å². The van der Waals surface area contributed by atoms with E-state index in [0.29, 0.717) is 24.3 Å². The summed E-state index contributed by atoms with van der Waals surface area (Å²) in [5.41, 5.74) is 1.35. The van der Waals surface area contributed by atoms with Crippen LogP contribution in [0.3, 0.4) is 0 Å². The lowest BCUT2D eigenvalue weighted by Crippen LogP contribution is -2.58. The summed E-state index contributed by atoms with van der Waals surface area (Å²) in [5.74, 6) is -1.46. The SMILES string of the molecule is CCN1CCO[C@](O)(c2ccccc2)[C@@H]1CC(=O)c1ccccc1. The smallest absolute Gasteiger partial charge is 0.208 e. The van der Waals surface area contributed by atoms with Crippen molar-refractivity contribution in [3.8, 4) is 0 Å². The second kappa shape index (κ2) is 7.26. The van der Waals surface area contributed by atoms with Crippen LogP contribution in [0.2, 0.25) is 0 Å². The molecule has 1 N–H and O–H groups in total. The Morgan fingerprint density at radius 2 is 1.79 bits per heavy atom. The number of morpholine rings is 1.